The van der Waals surface area contributed by atoms with Gasteiger partial charge in [0.2, 0.25) is 0 Å². The average molecular weight is 213 g/mol. The summed E-state index contributed by atoms with van der Waals surface area (Å²) in [6.07, 6.45) is 0. The van der Waals surface area contributed by atoms with E-state index in [9.17, 15) is 0 Å². The number of aromatic amines is 1. The smallest absolute Gasteiger partial charge is 0.196 e. The lowest BCUT2D eigenvalue weighted by Gasteiger charge is -2.14. The molecule has 0 aliphatic heterocycles. The maximum atomic E-state index is 6.05. The van der Waals surface area contributed by atoms with Crippen molar-refractivity contribution < 1.29 is 0 Å². The van der Waals surface area contributed by atoms with Crippen molar-refractivity contribution in [1.82, 2.24) is 19.8 Å². The van der Waals surface area contributed by atoms with Crippen LogP contribution in [0.5, 0.6) is 0 Å². The molecule has 0 saturated carbocycles. The summed E-state index contributed by atoms with van der Waals surface area (Å²) in [6, 6.07) is 0. The monoisotopic (exact) mass is 212 g/mol. The molecule has 0 spiro atoms. The molecule has 0 aliphatic carbocycles. The number of H-pyrrole nitrogens is 1. The second-order valence-corrected chi connectivity index (χ2v) is 4.86. The molecule has 0 bridgehead atoms. The number of fused-ring (bicyclic) bond motifs is 1. The van der Waals surface area contributed by atoms with Crippen molar-refractivity contribution in [2.75, 3.05) is 0 Å². The van der Waals surface area contributed by atoms with E-state index in [4.69, 9.17) is 11.6 Å². The lowest BCUT2D eigenvalue weighted by atomic mass is 9.96. The second-order valence-electron chi connectivity index (χ2n) is 4.48. The van der Waals surface area contributed by atoms with Crippen LogP contribution in [-0.4, -0.2) is 19.8 Å². The molecular formula is C9H13ClN4. The highest BCUT2D eigenvalue weighted by Crippen LogP contribution is 2.25. The summed E-state index contributed by atoms with van der Waals surface area (Å²) >= 11 is 6.05. The largest absolute Gasteiger partial charge is 0.294 e. The van der Waals surface area contributed by atoms with Gasteiger partial charge in [-0.25, -0.2) is 4.52 Å². The minimum absolute atomic E-state index is 0.0416. The Labute approximate surface area is 87.3 Å². The summed E-state index contributed by atoms with van der Waals surface area (Å²) in [5.74, 6) is 0.891. The van der Waals surface area contributed by atoms with Crippen LogP contribution in [0.2, 0.25) is 5.02 Å². The minimum atomic E-state index is -0.0416. The van der Waals surface area contributed by atoms with E-state index in [1.54, 1.807) is 0 Å². The number of aryl methyl sites for hydroxylation is 1. The van der Waals surface area contributed by atoms with E-state index in [0.717, 1.165) is 11.5 Å². The van der Waals surface area contributed by atoms with Crippen LogP contribution in [0.15, 0.2) is 0 Å². The highest BCUT2D eigenvalue weighted by molar-refractivity contribution is 6.34. The molecule has 2 aromatic rings. The number of hydrogen-bond donors (Lipinski definition) is 1. The Kier molecular flexibility index (Phi) is 1.86. The Hall–Kier alpha value is -1.03. The molecule has 0 aliphatic rings. The molecule has 0 amide bonds. The van der Waals surface area contributed by atoms with E-state index in [2.05, 4.69) is 36.1 Å². The van der Waals surface area contributed by atoms with Crippen LogP contribution in [0.4, 0.5) is 0 Å². The number of nitrogens with one attached hydrogen (secondary N) is 1. The van der Waals surface area contributed by atoms with Crippen LogP contribution < -0.4 is 0 Å². The third kappa shape index (κ3) is 1.21. The van der Waals surface area contributed by atoms with Gasteiger partial charge in [0, 0.05) is 5.41 Å². The van der Waals surface area contributed by atoms with Crippen LogP contribution in [0.3, 0.4) is 0 Å². The van der Waals surface area contributed by atoms with Crippen LogP contribution in [0, 0.1) is 6.92 Å². The first kappa shape index (κ1) is 9.52. The van der Waals surface area contributed by atoms with Crippen LogP contribution in [0.25, 0.3) is 5.65 Å². The van der Waals surface area contributed by atoms with Gasteiger partial charge in [0.15, 0.2) is 11.5 Å². The van der Waals surface area contributed by atoms with Crippen molar-refractivity contribution >= 4 is 17.2 Å². The molecular weight excluding hydrogens is 200 g/mol. The summed E-state index contributed by atoms with van der Waals surface area (Å²) in [5, 5.41) is 12.0. The minimum Gasteiger partial charge on any atom is -0.294 e. The first-order chi connectivity index (χ1) is 6.41. The summed E-state index contributed by atoms with van der Waals surface area (Å²) < 4.78 is 1.84. The van der Waals surface area contributed by atoms with Gasteiger partial charge in [0.25, 0.3) is 0 Å². The summed E-state index contributed by atoms with van der Waals surface area (Å²) in [7, 11) is 0. The molecule has 0 atom stereocenters. The zero-order valence-electron chi connectivity index (χ0n) is 8.72. The standard InChI is InChI=1S/C9H13ClN4/c1-5-6(10)7-11-12-8(9(2,3)4)14(7)13-5/h13H,1-4H3. The predicted molar refractivity (Wildman–Crippen MR) is 55.8 cm³/mol. The topological polar surface area (TPSA) is 46.0 Å². The van der Waals surface area contributed by atoms with Crippen LogP contribution in [0.1, 0.15) is 32.3 Å². The van der Waals surface area contributed by atoms with Gasteiger partial charge < -0.3 is 0 Å². The van der Waals surface area contributed by atoms with Crippen molar-refractivity contribution in [2.45, 2.75) is 33.1 Å². The predicted octanol–water partition coefficient (Wildman–Crippen LogP) is 2.32. The Morgan fingerprint density at radius 3 is 2.50 bits per heavy atom. The third-order valence-electron chi connectivity index (χ3n) is 2.14. The fourth-order valence-corrected chi connectivity index (χ4v) is 1.57. The maximum absolute atomic E-state index is 6.05. The Morgan fingerprint density at radius 2 is 1.93 bits per heavy atom. The normalized spacial score (nSPS) is 12.6. The fourth-order valence-electron chi connectivity index (χ4n) is 1.40. The molecule has 0 radical (unpaired) electrons. The summed E-state index contributed by atoms with van der Waals surface area (Å²) in [6.45, 7) is 8.19. The van der Waals surface area contributed by atoms with Gasteiger partial charge in [-0.15, -0.1) is 10.2 Å². The van der Waals surface area contributed by atoms with Crippen molar-refractivity contribution in [3.05, 3.63) is 16.5 Å². The first-order valence-electron chi connectivity index (χ1n) is 4.51. The van der Waals surface area contributed by atoms with E-state index >= 15 is 0 Å². The van der Waals surface area contributed by atoms with Crippen molar-refractivity contribution in [3.8, 4) is 0 Å². The van der Waals surface area contributed by atoms with Crippen molar-refractivity contribution in [1.29, 1.82) is 0 Å². The van der Waals surface area contributed by atoms with Gasteiger partial charge in [0.1, 0.15) is 5.02 Å². The molecule has 0 fully saturated rings. The average Bonchev–Trinajstić information content (AvgIpc) is 2.54. The number of halogens is 1. The van der Waals surface area contributed by atoms with Gasteiger partial charge in [0.05, 0.1) is 5.69 Å². The zero-order valence-corrected chi connectivity index (χ0v) is 9.48. The molecule has 2 heterocycles. The molecule has 4 nitrogen and oxygen atoms in total. The lowest BCUT2D eigenvalue weighted by molar-refractivity contribution is 0.527. The fraction of sp³-hybridized carbons (Fsp3) is 0.556. The van der Waals surface area contributed by atoms with Gasteiger partial charge in [-0.3, -0.25) is 5.10 Å². The second kappa shape index (κ2) is 2.73. The van der Waals surface area contributed by atoms with E-state index < -0.39 is 0 Å². The van der Waals surface area contributed by atoms with Crippen LogP contribution in [-0.2, 0) is 5.41 Å². The maximum Gasteiger partial charge on any atom is 0.196 e. The first-order valence-corrected chi connectivity index (χ1v) is 4.88. The van der Waals surface area contributed by atoms with E-state index in [-0.39, 0.29) is 5.41 Å². The quantitative estimate of drug-likeness (QED) is 0.729. The molecule has 0 unspecified atom stereocenters. The molecule has 76 valence electrons. The van der Waals surface area contributed by atoms with Crippen molar-refractivity contribution in [2.24, 2.45) is 0 Å². The number of nitrogens with zero attached hydrogens (tertiary/aromatic N) is 3. The number of aromatic nitrogens is 4. The Bertz CT molecular complexity index is 475. The molecule has 0 aromatic carbocycles. The highest BCUT2D eigenvalue weighted by Gasteiger charge is 2.23. The number of hydrogen-bond acceptors (Lipinski definition) is 2. The molecule has 2 rings (SSSR count). The van der Waals surface area contributed by atoms with Crippen molar-refractivity contribution in [3.63, 3.8) is 0 Å². The van der Waals surface area contributed by atoms with Gasteiger partial charge in [-0.05, 0) is 6.92 Å². The molecule has 0 saturated heterocycles. The molecule has 2 aromatic heterocycles. The van der Waals surface area contributed by atoms with E-state index in [0.29, 0.717) is 10.7 Å². The van der Waals surface area contributed by atoms with Gasteiger partial charge in [-0.1, -0.05) is 32.4 Å². The van der Waals surface area contributed by atoms with Gasteiger partial charge in [-0.2, -0.15) is 0 Å². The highest BCUT2D eigenvalue weighted by atomic mass is 35.5. The third-order valence-corrected chi connectivity index (χ3v) is 2.59. The zero-order chi connectivity index (χ0) is 10.5. The molecule has 14 heavy (non-hydrogen) atoms. The van der Waals surface area contributed by atoms with Crippen LogP contribution >= 0.6 is 11.6 Å². The van der Waals surface area contributed by atoms with Gasteiger partial charge >= 0.3 is 0 Å². The Balaban J connectivity index is 2.76. The molecule has 5 heteroatoms. The number of rotatable bonds is 0. The van der Waals surface area contributed by atoms with E-state index in [1.807, 2.05) is 11.4 Å². The summed E-state index contributed by atoms with van der Waals surface area (Å²) in [5.41, 5.74) is 1.58. The van der Waals surface area contributed by atoms with E-state index in [1.165, 1.54) is 0 Å². The summed E-state index contributed by atoms with van der Waals surface area (Å²) in [4.78, 5) is 0. The lowest BCUT2D eigenvalue weighted by Crippen LogP contribution is -2.16. The molecule has 1 N–H and O–H groups in total. The SMILES string of the molecule is Cc1[nH]n2c(C(C)(C)C)nnc2c1Cl. The Morgan fingerprint density at radius 1 is 1.29 bits per heavy atom.